The normalized spacial score (nSPS) is 15.1. The van der Waals surface area contributed by atoms with Gasteiger partial charge < -0.3 is 10.2 Å². The largest absolute Gasteiger partial charge is 0.352 e. The van der Waals surface area contributed by atoms with Crippen molar-refractivity contribution >= 4 is 39.1 Å². The van der Waals surface area contributed by atoms with Crippen molar-refractivity contribution in [3.05, 3.63) is 64.7 Å². The summed E-state index contributed by atoms with van der Waals surface area (Å²) in [5, 5.41) is 3.63. The molecule has 0 aliphatic heterocycles. The van der Waals surface area contributed by atoms with Crippen molar-refractivity contribution in [3.63, 3.8) is 0 Å². The highest BCUT2D eigenvalue weighted by molar-refractivity contribution is 7.92. The van der Waals surface area contributed by atoms with Gasteiger partial charge in [-0.1, -0.05) is 67.3 Å². The Bertz CT molecular complexity index is 1180. The molecule has 2 amide bonds. The van der Waals surface area contributed by atoms with Crippen LogP contribution >= 0.6 is 11.6 Å². The molecule has 0 aromatic heterocycles. The lowest BCUT2D eigenvalue weighted by molar-refractivity contribution is -0.140. The molecule has 1 N–H and O–H groups in total. The molecule has 2 aromatic carbocycles. The van der Waals surface area contributed by atoms with Gasteiger partial charge in [-0.3, -0.25) is 13.9 Å². The molecule has 0 radical (unpaired) electrons. The molecule has 0 bridgehead atoms. The molecule has 38 heavy (non-hydrogen) atoms. The van der Waals surface area contributed by atoms with Gasteiger partial charge in [-0.2, -0.15) is 0 Å². The Morgan fingerprint density at radius 2 is 1.71 bits per heavy atom. The highest BCUT2D eigenvalue weighted by Gasteiger charge is 2.28. The Hall–Kier alpha value is -2.58. The number of halogens is 1. The van der Waals surface area contributed by atoms with Gasteiger partial charge in [-0.15, -0.1) is 0 Å². The minimum absolute atomic E-state index is 0.126. The van der Waals surface area contributed by atoms with Crippen LogP contribution in [0, 0.1) is 6.92 Å². The third-order valence-corrected chi connectivity index (χ3v) is 8.85. The Morgan fingerprint density at radius 3 is 2.37 bits per heavy atom. The van der Waals surface area contributed by atoms with E-state index in [0.717, 1.165) is 37.5 Å². The molecule has 0 spiro atoms. The lowest BCUT2D eigenvalue weighted by Crippen LogP contribution is -2.51. The van der Waals surface area contributed by atoms with Crippen LogP contribution in [0.5, 0.6) is 0 Å². The summed E-state index contributed by atoms with van der Waals surface area (Å²) in [4.78, 5) is 28.2. The van der Waals surface area contributed by atoms with Crippen LogP contribution < -0.4 is 9.62 Å². The molecule has 3 rings (SSSR count). The fourth-order valence-corrected chi connectivity index (χ4v) is 6.17. The number of sulfonamides is 1. The minimum atomic E-state index is -3.58. The van der Waals surface area contributed by atoms with Gasteiger partial charge >= 0.3 is 0 Å². The van der Waals surface area contributed by atoms with Crippen LogP contribution in [0.25, 0.3) is 0 Å². The molecule has 2 aromatic rings. The molecule has 1 unspecified atom stereocenters. The van der Waals surface area contributed by atoms with Crippen LogP contribution in [0.15, 0.2) is 48.5 Å². The van der Waals surface area contributed by atoms with Gasteiger partial charge in [0.15, 0.2) is 0 Å². The second kappa shape index (κ2) is 14.0. The SMILES string of the molecule is Cc1c(Cl)cccc1N(CCCC(=O)N(CCc1ccccc1)C(C)C(=O)NC1CCCCC1)S(C)(=O)=O. The van der Waals surface area contributed by atoms with Crippen molar-refractivity contribution in [3.8, 4) is 0 Å². The second-order valence-corrected chi connectivity index (χ2v) is 12.5. The minimum Gasteiger partial charge on any atom is -0.352 e. The first-order chi connectivity index (χ1) is 18.1. The number of carbonyl (C=O) groups excluding carboxylic acids is 2. The fourth-order valence-electron chi connectivity index (χ4n) is 4.99. The third-order valence-electron chi connectivity index (χ3n) is 7.26. The molecule has 0 saturated heterocycles. The van der Waals surface area contributed by atoms with Gasteiger partial charge in [0.05, 0.1) is 11.9 Å². The molecule has 1 fully saturated rings. The Morgan fingerprint density at radius 1 is 1.03 bits per heavy atom. The van der Waals surface area contributed by atoms with Crippen molar-refractivity contribution in [2.75, 3.05) is 23.7 Å². The second-order valence-electron chi connectivity index (χ2n) is 10.2. The molecule has 9 heteroatoms. The van der Waals surface area contributed by atoms with E-state index in [4.69, 9.17) is 11.6 Å². The van der Waals surface area contributed by atoms with Crippen LogP contribution in [-0.2, 0) is 26.0 Å². The van der Waals surface area contributed by atoms with E-state index in [-0.39, 0.29) is 30.8 Å². The molecular weight excluding hydrogens is 522 g/mol. The number of hydrogen-bond acceptors (Lipinski definition) is 4. The maximum Gasteiger partial charge on any atom is 0.242 e. The number of hydrogen-bond donors (Lipinski definition) is 1. The maximum absolute atomic E-state index is 13.4. The first-order valence-electron chi connectivity index (χ1n) is 13.4. The van der Waals surface area contributed by atoms with Crippen LogP contribution in [0.4, 0.5) is 5.69 Å². The van der Waals surface area contributed by atoms with Gasteiger partial charge in [-0.25, -0.2) is 8.42 Å². The highest BCUT2D eigenvalue weighted by atomic mass is 35.5. The van der Waals surface area contributed by atoms with Gasteiger partial charge in [0, 0.05) is 30.6 Å². The van der Waals surface area contributed by atoms with E-state index < -0.39 is 16.1 Å². The van der Waals surface area contributed by atoms with Crippen molar-refractivity contribution in [2.24, 2.45) is 0 Å². The summed E-state index contributed by atoms with van der Waals surface area (Å²) in [6, 6.07) is 14.6. The summed E-state index contributed by atoms with van der Waals surface area (Å²) in [5.41, 5.74) is 2.27. The van der Waals surface area contributed by atoms with Crippen molar-refractivity contribution < 1.29 is 18.0 Å². The van der Waals surface area contributed by atoms with Gasteiger partial charge in [0.25, 0.3) is 0 Å². The van der Waals surface area contributed by atoms with Crippen LogP contribution in [0.3, 0.4) is 0 Å². The zero-order valence-corrected chi connectivity index (χ0v) is 24.2. The lowest BCUT2D eigenvalue weighted by atomic mass is 9.95. The number of amides is 2. The van der Waals surface area contributed by atoms with Gasteiger partial charge in [0.1, 0.15) is 6.04 Å². The average molecular weight is 562 g/mol. The van der Waals surface area contributed by atoms with Gasteiger partial charge in [-0.05, 0) is 62.8 Å². The first-order valence-corrected chi connectivity index (χ1v) is 15.7. The van der Waals surface area contributed by atoms with Crippen molar-refractivity contribution in [2.45, 2.75) is 77.3 Å². The molecular formula is C29H40ClN3O4S. The Kier molecular flexibility index (Phi) is 11.0. The topological polar surface area (TPSA) is 86.8 Å². The number of anilines is 1. The van der Waals surface area contributed by atoms with E-state index in [1.807, 2.05) is 30.3 Å². The predicted octanol–water partition coefficient (Wildman–Crippen LogP) is 5.10. The summed E-state index contributed by atoms with van der Waals surface area (Å²) in [7, 11) is -3.58. The summed E-state index contributed by atoms with van der Waals surface area (Å²) in [5.74, 6) is -0.297. The van der Waals surface area contributed by atoms with Gasteiger partial charge in [0.2, 0.25) is 21.8 Å². The molecule has 7 nitrogen and oxygen atoms in total. The average Bonchev–Trinajstić information content (AvgIpc) is 2.89. The Labute approximate surface area is 232 Å². The number of benzene rings is 2. The zero-order valence-electron chi connectivity index (χ0n) is 22.7. The molecule has 1 aliphatic carbocycles. The van der Waals surface area contributed by atoms with E-state index in [2.05, 4.69) is 5.32 Å². The quantitative estimate of drug-likeness (QED) is 0.390. The molecule has 1 aliphatic rings. The van der Waals surface area contributed by atoms with Crippen molar-refractivity contribution in [1.29, 1.82) is 0 Å². The van der Waals surface area contributed by atoms with Crippen molar-refractivity contribution in [1.82, 2.24) is 10.2 Å². The number of carbonyl (C=O) groups is 2. The van der Waals surface area contributed by atoms with Crippen LogP contribution in [0.1, 0.15) is 63.0 Å². The summed E-state index contributed by atoms with van der Waals surface area (Å²) >= 11 is 6.23. The summed E-state index contributed by atoms with van der Waals surface area (Å²) < 4.78 is 26.5. The Balaban J connectivity index is 1.69. The first kappa shape index (κ1) is 30.0. The lowest BCUT2D eigenvalue weighted by Gasteiger charge is -2.31. The fraction of sp³-hybridized carbons (Fsp3) is 0.517. The zero-order chi connectivity index (χ0) is 27.7. The highest BCUT2D eigenvalue weighted by Crippen LogP contribution is 2.28. The number of nitrogens with one attached hydrogen (secondary N) is 1. The third kappa shape index (κ3) is 8.46. The standard InChI is InChI=1S/C29H40ClN3O4S/c1-22-26(30)16-10-17-27(22)33(38(3,36)37)20-11-18-28(34)32(21-19-24-12-6-4-7-13-24)23(2)29(35)31-25-14-8-5-9-15-25/h4,6-7,10,12-13,16-17,23,25H,5,8-9,11,14-15,18-21H2,1-3H3,(H,31,35). The molecule has 1 atom stereocenters. The maximum atomic E-state index is 13.4. The van der Waals surface area contributed by atoms with Crippen LogP contribution in [-0.4, -0.2) is 56.6 Å². The summed E-state index contributed by atoms with van der Waals surface area (Å²) in [6.45, 7) is 4.10. The van der Waals surface area contributed by atoms with E-state index in [0.29, 0.717) is 35.7 Å². The predicted molar refractivity (Wildman–Crippen MR) is 154 cm³/mol. The van der Waals surface area contributed by atoms with Crippen LogP contribution in [0.2, 0.25) is 5.02 Å². The summed E-state index contributed by atoms with van der Waals surface area (Å²) in [6.07, 6.45) is 7.59. The molecule has 1 saturated carbocycles. The van der Waals surface area contributed by atoms with E-state index >= 15 is 0 Å². The number of rotatable bonds is 12. The molecule has 0 heterocycles. The molecule has 208 valence electrons. The monoisotopic (exact) mass is 561 g/mol. The smallest absolute Gasteiger partial charge is 0.242 e. The van der Waals surface area contributed by atoms with E-state index in [9.17, 15) is 18.0 Å². The number of nitrogens with zero attached hydrogens (tertiary/aromatic N) is 2. The van der Waals surface area contributed by atoms with E-state index in [1.54, 1.807) is 36.9 Å². The van der Waals surface area contributed by atoms with E-state index in [1.165, 1.54) is 10.7 Å².